The number of sulfonamides is 2. The van der Waals surface area contributed by atoms with Gasteiger partial charge in [-0.1, -0.05) is 31.4 Å². The smallest absolute Gasteiger partial charge is 0.299 e. The Kier molecular flexibility index (Phi) is 7.82. The minimum absolute atomic E-state index is 0.124. The lowest BCUT2D eigenvalue weighted by molar-refractivity contribution is -0.171. The molecule has 8 nitrogen and oxygen atoms in total. The molecule has 1 fully saturated rings. The third kappa shape index (κ3) is 5.96. The predicted octanol–water partition coefficient (Wildman–Crippen LogP) is 3.97. The molecule has 0 radical (unpaired) electrons. The third-order valence-corrected chi connectivity index (χ3v) is 8.93. The van der Waals surface area contributed by atoms with Crippen molar-refractivity contribution in [1.29, 1.82) is 0 Å². The van der Waals surface area contributed by atoms with Crippen molar-refractivity contribution < 1.29 is 34.8 Å². The second-order valence-corrected chi connectivity index (χ2v) is 12.2. The Labute approximate surface area is 202 Å². The lowest BCUT2D eigenvalue weighted by Gasteiger charge is -2.35. The fourth-order valence-electron chi connectivity index (χ4n) is 3.92. The zero-order valence-electron chi connectivity index (χ0n) is 19.1. The minimum Gasteiger partial charge on any atom is -0.299 e. The molecule has 2 aromatic carbocycles. The van der Waals surface area contributed by atoms with Gasteiger partial charge in [0, 0.05) is 20.1 Å². The first-order valence-electron chi connectivity index (χ1n) is 10.8. The molecule has 0 saturated heterocycles. The molecular weight excluding hydrogens is 507 g/mol. The van der Waals surface area contributed by atoms with Gasteiger partial charge >= 0.3 is 12.1 Å². The molecule has 13 heteroatoms. The van der Waals surface area contributed by atoms with Crippen LogP contribution < -0.4 is 9.62 Å². The standard InChI is InChI=1S/C22H26F3N3O5S2/c1-27(2)35(32,33)18-14-12-17(13-15-18)34(30,31)26-19-10-6-7-11-20(19)28(21(29)22(23,24)25)16-8-4-3-5-9-16/h6-7,10-16,26H,3-5,8-9H2,1-2H3. The molecular formula is C22H26F3N3O5S2. The van der Waals surface area contributed by atoms with Crippen molar-refractivity contribution in [3.8, 4) is 0 Å². The van der Waals surface area contributed by atoms with E-state index in [-0.39, 0.29) is 21.2 Å². The van der Waals surface area contributed by atoms with E-state index in [2.05, 4.69) is 4.72 Å². The Morgan fingerprint density at radius 1 is 0.886 bits per heavy atom. The molecule has 1 aliphatic rings. The highest BCUT2D eigenvalue weighted by Crippen LogP contribution is 2.36. The molecule has 0 aliphatic heterocycles. The maximum Gasteiger partial charge on any atom is 0.471 e. The van der Waals surface area contributed by atoms with Crippen molar-refractivity contribution in [1.82, 2.24) is 4.31 Å². The minimum atomic E-state index is -5.14. The maximum absolute atomic E-state index is 13.5. The number of nitrogens with zero attached hydrogens (tertiary/aromatic N) is 2. The quantitative estimate of drug-likeness (QED) is 0.580. The van der Waals surface area contributed by atoms with Crippen LogP contribution in [0, 0.1) is 0 Å². The van der Waals surface area contributed by atoms with E-state index in [1.807, 2.05) is 0 Å². The number of alkyl halides is 3. The first-order valence-corrected chi connectivity index (χ1v) is 13.7. The summed E-state index contributed by atoms with van der Waals surface area (Å²) in [4.78, 5) is 12.6. The molecule has 0 aromatic heterocycles. The summed E-state index contributed by atoms with van der Waals surface area (Å²) in [5, 5.41) is 0. The van der Waals surface area contributed by atoms with Crippen LogP contribution in [0.1, 0.15) is 32.1 Å². The molecule has 1 saturated carbocycles. The number of hydrogen-bond acceptors (Lipinski definition) is 5. The van der Waals surface area contributed by atoms with Gasteiger partial charge in [0.25, 0.3) is 10.0 Å². The van der Waals surface area contributed by atoms with Gasteiger partial charge in [0.2, 0.25) is 10.0 Å². The fourth-order valence-corrected chi connectivity index (χ4v) is 5.90. The summed E-state index contributed by atoms with van der Waals surface area (Å²) in [6.07, 6.45) is -2.25. The largest absolute Gasteiger partial charge is 0.471 e. The van der Waals surface area contributed by atoms with Crippen LogP contribution in [0.2, 0.25) is 0 Å². The first kappa shape index (κ1) is 27.0. The average Bonchev–Trinajstić information content (AvgIpc) is 2.80. The zero-order chi connectivity index (χ0) is 26.0. The number of carbonyl (C=O) groups is 1. The van der Waals surface area contributed by atoms with Gasteiger partial charge in [-0.15, -0.1) is 0 Å². The van der Waals surface area contributed by atoms with Crippen LogP contribution >= 0.6 is 0 Å². The molecule has 0 spiro atoms. The van der Waals surface area contributed by atoms with Gasteiger partial charge in [0.1, 0.15) is 0 Å². The monoisotopic (exact) mass is 533 g/mol. The van der Waals surface area contributed by atoms with Gasteiger partial charge in [-0.3, -0.25) is 14.4 Å². The topological polar surface area (TPSA) is 104 Å². The van der Waals surface area contributed by atoms with Gasteiger partial charge in [-0.05, 0) is 49.2 Å². The van der Waals surface area contributed by atoms with E-state index >= 15 is 0 Å². The summed E-state index contributed by atoms with van der Waals surface area (Å²) in [5.74, 6) is -2.06. The van der Waals surface area contributed by atoms with Crippen molar-refractivity contribution >= 4 is 37.3 Å². The van der Waals surface area contributed by atoms with Crippen molar-refractivity contribution in [3.05, 3.63) is 48.5 Å². The number of rotatable bonds is 7. The Hall–Kier alpha value is -2.64. The highest BCUT2D eigenvalue weighted by Gasteiger charge is 2.46. The number of anilines is 2. The van der Waals surface area contributed by atoms with E-state index < -0.39 is 38.2 Å². The van der Waals surface area contributed by atoms with Crippen LogP contribution in [0.3, 0.4) is 0 Å². The third-order valence-electron chi connectivity index (χ3n) is 5.72. The Bertz CT molecular complexity index is 1270. The lowest BCUT2D eigenvalue weighted by atomic mass is 9.93. The van der Waals surface area contributed by atoms with Crippen LogP contribution in [-0.2, 0) is 24.8 Å². The lowest BCUT2D eigenvalue weighted by Crippen LogP contribution is -2.48. The van der Waals surface area contributed by atoms with Gasteiger partial charge in [0.05, 0.1) is 21.2 Å². The SMILES string of the molecule is CN(C)S(=O)(=O)c1ccc(S(=O)(=O)Nc2ccccc2N(C(=O)C(F)(F)F)C2CCCCC2)cc1. The number of hydrogen-bond donors (Lipinski definition) is 1. The molecule has 1 aliphatic carbocycles. The Morgan fingerprint density at radius 2 is 1.43 bits per heavy atom. The maximum atomic E-state index is 13.5. The summed E-state index contributed by atoms with van der Waals surface area (Å²) in [6, 6.07) is 9.09. The van der Waals surface area contributed by atoms with E-state index in [4.69, 9.17) is 0 Å². The molecule has 0 bridgehead atoms. The molecule has 192 valence electrons. The highest BCUT2D eigenvalue weighted by molar-refractivity contribution is 7.92. The number of nitrogens with one attached hydrogen (secondary N) is 1. The fraction of sp³-hybridized carbons (Fsp3) is 0.409. The summed E-state index contributed by atoms with van der Waals surface area (Å²) in [6.45, 7) is 0. The number of benzene rings is 2. The molecule has 1 amide bonds. The first-order chi connectivity index (χ1) is 16.2. The van der Waals surface area contributed by atoms with Gasteiger partial charge in [0.15, 0.2) is 0 Å². The van der Waals surface area contributed by atoms with E-state index in [1.165, 1.54) is 38.4 Å². The summed E-state index contributed by atoms with van der Waals surface area (Å²) < 4.78 is 94.2. The number of para-hydroxylation sites is 2. The molecule has 2 aromatic rings. The Morgan fingerprint density at radius 3 is 1.97 bits per heavy atom. The van der Waals surface area contributed by atoms with Gasteiger partial charge < -0.3 is 0 Å². The molecule has 1 N–H and O–H groups in total. The van der Waals surface area contributed by atoms with Crippen molar-refractivity contribution in [2.45, 2.75) is 54.1 Å². The molecule has 0 unspecified atom stereocenters. The number of halogens is 3. The van der Waals surface area contributed by atoms with Crippen LogP contribution in [0.5, 0.6) is 0 Å². The van der Waals surface area contributed by atoms with E-state index in [0.717, 1.165) is 35.0 Å². The summed E-state index contributed by atoms with van der Waals surface area (Å²) in [7, 11) is -5.44. The van der Waals surface area contributed by atoms with Crippen molar-refractivity contribution in [2.24, 2.45) is 0 Å². The van der Waals surface area contributed by atoms with Crippen molar-refractivity contribution in [3.63, 3.8) is 0 Å². The van der Waals surface area contributed by atoms with Gasteiger partial charge in [-0.25, -0.2) is 21.1 Å². The number of carbonyl (C=O) groups excluding carboxylic acids is 1. The summed E-state index contributed by atoms with van der Waals surface area (Å²) >= 11 is 0. The second-order valence-electron chi connectivity index (χ2n) is 8.35. The average molecular weight is 534 g/mol. The summed E-state index contributed by atoms with van der Waals surface area (Å²) in [5.41, 5.74) is -0.391. The van der Waals surface area contributed by atoms with E-state index in [0.29, 0.717) is 30.6 Å². The molecule has 0 atom stereocenters. The van der Waals surface area contributed by atoms with Crippen LogP contribution in [0.4, 0.5) is 24.5 Å². The second kappa shape index (κ2) is 10.2. The van der Waals surface area contributed by atoms with E-state index in [1.54, 1.807) is 0 Å². The molecule has 3 rings (SSSR count). The molecule has 0 heterocycles. The van der Waals surface area contributed by atoms with E-state index in [9.17, 15) is 34.8 Å². The van der Waals surface area contributed by atoms with Gasteiger partial charge in [-0.2, -0.15) is 13.2 Å². The number of amides is 1. The zero-order valence-corrected chi connectivity index (χ0v) is 20.8. The Balaban J connectivity index is 1.99. The van der Waals surface area contributed by atoms with Crippen LogP contribution in [0.15, 0.2) is 58.3 Å². The predicted molar refractivity (Wildman–Crippen MR) is 125 cm³/mol. The normalized spacial score (nSPS) is 15.7. The van der Waals surface area contributed by atoms with Crippen LogP contribution in [-0.4, -0.2) is 53.4 Å². The van der Waals surface area contributed by atoms with Crippen molar-refractivity contribution in [2.75, 3.05) is 23.7 Å². The van der Waals surface area contributed by atoms with Crippen LogP contribution in [0.25, 0.3) is 0 Å². The molecule has 35 heavy (non-hydrogen) atoms. The highest BCUT2D eigenvalue weighted by atomic mass is 32.2.